The van der Waals surface area contributed by atoms with Gasteiger partial charge in [0.2, 0.25) is 5.91 Å². The molecular weight excluding hydrogens is 403 g/mol. The third-order valence-electron chi connectivity index (χ3n) is 4.34. The van der Waals surface area contributed by atoms with E-state index in [1.54, 1.807) is 4.68 Å². The lowest BCUT2D eigenvalue weighted by Gasteiger charge is -2.11. The Morgan fingerprint density at radius 2 is 1.87 bits per heavy atom. The predicted molar refractivity (Wildman–Crippen MR) is 103 cm³/mol. The minimum atomic E-state index is -5.08. The van der Waals surface area contributed by atoms with Crippen molar-refractivity contribution in [3.63, 3.8) is 0 Å². The van der Waals surface area contributed by atoms with Gasteiger partial charge in [-0.25, -0.2) is 9.78 Å². The van der Waals surface area contributed by atoms with Crippen molar-refractivity contribution in [2.75, 3.05) is 0 Å². The van der Waals surface area contributed by atoms with Gasteiger partial charge in [-0.3, -0.25) is 9.48 Å². The number of H-pyrrole nitrogens is 1. The number of aryl methyl sites for hydroxylation is 3. The van der Waals surface area contributed by atoms with Crippen molar-refractivity contribution < 1.29 is 27.9 Å². The van der Waals surface area contributed by atoms with E-state index in [0.717, 1.165) is 33.8 Å². The number of aromatic nitrogens is 4. The molecule has 1 atom stereocenters. The molecule has 0 saturated heterocycles. The molecular formula is C19H22F3N5O3. The number of imidazole rings is 1. The van der Waals surface area contributed by atoms with Crippen LogP contribution in [0.4, 0.5) is 13.2 Å². The zero-order chi connectivity index (χ0) is 22.6. The number of carboxylic acid groups (broad SMARTS) is 1. The van der Waals surface area contributed by atoms with E-state index < -0.39 is 12.1 Å². The molecule has 3 N–H and O–H groups in total. The standard InChI is InChI=1S/C17H21N5O.C2HF3O2/c1-10-11(2)20-17(19-10)12(3)18-16(23)9-14-13-7-5-6-8-15(13)22(4)21-14;3-2(4,5)1(6)7/h5-8,12H,9H2,1-4H3,(H,18,23)(H,19,20);(H,6,7). The van der Waals surface area contributed by atoms with Crippen LogP contribution in [0.2, 0.25) is 0 Å². The SMILES string of the molecule is Cc1nc(C(C)NC(=O)Cc2nn(C)c3ccccc23)[nH]c1C.O=C(O)C(F)(F)F. The second kappa shape index (κ2) is 8.97. The van der Waals surface area contributed by atoms with Gasteiger partial charge in [0, 0.05) is 18.1 Å². The fourth-order valence-corrected chi connectivity index (χ4v) is 2.71. The number of rotatable bonds is 4. The Bertz CT molecular complexity index is 1040. The van der Waals surface area contributed by atoms with E-state index in [-0.39, 0.29) is 18.4 Å². The van der Waals surface area contributed by atoms with Gasteiger partial charge >= 0.3 is 12.1 Å². The average Bonchev–Trinajstić information content (AvgIpc) is 3.15. The van der Waals surface area contributed by atoms with E-state index in [1.807, 2.05) is 52.1 Å². The monoisotopic (exact) mass is 425 g/mol. The number of aromatic amines is 1. The van der Waals surface area contributed by atoms with E-state index in [1.165, 1.54) is 0 Å². The lowest BCUT2D eigenvalue weighted by Crippen LogP contribution is -2.29. The third kappa shape index (κ3) is 5.58. The van der Waals surface area contributed by atoms with E-state index >= 15 is 0 Å². The normalized spacial score (nSPS) is 12.2. The number of hydrogen-bond acceptors (Lipinski definition) is 4. The highest BCUT2D eigenvalue weighted by atomic mass is 19.4. The summed E-state index contributed by atoms with van der Waals surface area (Å²) in [6.45, 7) is 5.84. The fourth-order valence-electron chi connectivity index (χ4n) is 2.71. The summed E-state index contributed by atoms with van der Waals surface area (Å²) < 4.78 is 33.5. The van der Waals surface area contributed by atoms with Crippen LogP contribution in [0.1, 0.15) is 35.9 Å². The number of nitrogens with one attached hydrogen (secondary N) is 2. The van der Waals surface area contributed by atoms with E-state index in [9.17, 15) is 18.0 Å². The lowest BCUT2D eigenvalue weighted by atomic mass is 10.1. The Labute approximate surface area is 170 Å². The summed E-state index contributed by atoms with van der Waals surface area (Å²) in [6.07, 6.45) is -4.83. The molecule has 2 aromatic heterocycles. The smallest absolute Gasteiger partial charge is 0.475 e. The molecule has 0 spiro atoms. The molecule has 2 heterocycles. The Kier molecular flexibility index (Phi) is 6.85. The van der Waals surface area contributed by atoms with Crippen molar-refractivity contribution in [1.82, 2.24) is 25.1 Å². The van der Waals surface area contributed by atoms with Gasteiger partial charge in [-0.2, -0.15) is 18.3 Å². The maximum Gasteiger partial charge on any atom is 0.490 e. The fraction of sp³-hybridized carbons (Fsp3) is 0.368. The molecule has 3 rings (SSSR count). The van der Waals surface area contributed by atoms with Crippen LogP contribution < -0.4 is 5.32 Å². The number of nitrogens with zero attached hydrogens (tertiary/aromatic N) is 3. The minimum Gasteiger partial charge on any atom is -0.475 e. The van der Waals surface area contributed by atoms with Crippen molar-refractivity contribution >= 4 is 22.8 Å². The van der Waals surface area contributed by atoms with Gasteiger partial charge in [0.25, 0.3) is 0 Å². The van der Waals surface area contributed by atoms with Crippen molar-refractivity contribution in [1.29, 1.82) is 0 Å². The first kappa shape index (κ1) is 22.9. The predicted octanol–water partition coefficient (Wildman–Crippen LogP) is 2.97. The number of carboxylic acids is 1. The first-order chi connectivity index (χ1) is 13.9. The van der Waals surface area contributed by atoms with Crippen molar-refractivity contribution in [3.05, 3.63) is 47.2 Å². The minimum absolute atomic E-state index is 0.0620. The van der Waals surface area contributed by atoms with E-state index in [4.69, 9.17) is 9.90 Å². The van der Waals surface area contributed by atoms with Gasteiger partial charge in [-0.05, 0) is 26.8 Å². The summed E-state index contributed by atoms with van der Waals surface area (Å²) in [5, 5.41) is 15.6. The molecule has 0 radical (unpaired) electrons. The summed E-state index contributed by atoms with van der Waals surface area (Å²) in [7, 11) is 1.89. The number of carbonyl (C=O) groups is 2. The van der Waals surface area contributed by atoms with Crippen LogP contribution in [0.3, 0.4) is 0 Å². The zero-order valence-electron chi connectivity index (χ0n) is 16.8. The molecule has 0 aliphatic rings. The molecule has 1 aromatic carbocycles. The summed E-state index contributed by atoms with van der Waals surface area (Å²) in [5.41, 5.74) is 3.80. The van der Waals surface area contributed by atoms with Crippen LogP contribution in [0.15, 0.2) is 24.3 Å². The number of hydrogen-bond donors (Lipinski definition) is 3. The second-order valence-corrected chi connectivity index (χ2v) is 6.69. The summed E-state index contributed by atoms with van der Waals surface area (Å²) >= 11 is 0. The summed E-state index contributed by atoms with van der Waals surface area (Å²) in [4.78, 5) is 28.9. The first-order valence-electron chi connectivity index (χ1n) is 8.93. The Balaban J connectivity index is 0.000000396. The number of carbonyl (C=O) groups excluding carboxylic acids is 1. The summed E-state index contributed by atoms with van der Waals surface area (Å²) in [6, 6.07) is 7.76. The van der Waals surface area contributed by atoms with Gasteiger partial charge in [0.15, 0.2) is 0 Å². The van der Waals surface area contributed by atoms with Gasteiger partial charge < -0.3 is 15.4 Å². The quantitative estimate of drug-likeness (QED) is 0.595. The Hall–Kier alpha value is -3.37. The number of benzene rings is 1. The molecule has 30 heavy (non-hydrogen) atoms. The molecule has 8 nitrogen and oxygen atoms in total. The molecule has 0 aliphatic heterocycles. The maximum absolute atomic E-state index is 12.3. The Morgan fingerprint density at radius 3 is 2.40 bits per heavy atom. The van der Waals surface area contributed by atoms with E-state index in [0.29, 0.717) is 0 Å². The second-order valence-electron chi connectivity index (χ2n) is 6.69. The van der Waals surface area contributed by atoms with Crippen LogP contribution >= 0.6 is 0 Å². The highest BCUT2D eigenvalue weighted by Crippen LogP contribution is 2.18. The highest BCUT2D eigenvalue weighted by Gasteiger charge is 2.38. The number of halogens is 3. The van der Waals surface area contributed by atoms with E-state index in [2.05, 4.69) is 20.4 Å². The molecule has 3 aromatic rings. The molecule has 0 aliphatic carbocycles. The zero-order valence-corrected chi connectivity index (χ0v) is 16.8. The van der Waals surface area contributed by atoms with Gasteiger partial charge in [-0.1, -0.05) is 18.2 Å². The van der Waals surface area contributed by atoms with Gasteiger partial charge in [0.05, 0.1) is 29.4 Å². The highest BCUT2D eigenvalue weighted by molar-refractivity contribution is 5.87. The third-order valence-corrected chi connectivity index (χ3v) is 4.34. The molecule has 0 fully saturated rings. The number of amides is 1. The van der Waals surface area contributed by atoms with Crippen LogP contribution in [-0.4, -0.2) is 42.9 Å². The van der Waals surface area contributed by atoms with Crippen LogP contribution in [0, 0.1) is 13.8 Å². The molecule has 1 amide bonds. The maximum atomic E-state index is 12.3. The van der Waals surface area contributed by atoms with Crippen molar-refractivity contribution in [3.8, 4) is 0 Å². The molecule has 11 heteroatoms. The molecule has 0 bridgehead atoms. The number of fused-ring (bicyclic) bond motifs is 1. The number of alkyl halides is 3. The number of aliphatic carboxylic acids is 1. The van der Waals surface area contributed by atoms with Crippen LogP contribution in [0.5, 0.6) is 0 Å². The average molecular weight is 425 g/mol. The first-order valence-corrected chi connectivity index (χ1v) is 8.93. The molecule has 162 valence electrons. The molecule has 1 unspecified atom stereocenters. The largest absolute Gasteiger partial charge is 0.490 e. The van der Waals surface area contributed by atoms with Crippen molar-refractivity contribution in [2.24, 2.45) is 7.05 Å². The summed E-state index contributed by atoms with van der Waals surface area (Å²) in [5.74, 6) is -2.04. The molecule has 0 saturated carbocycles. The van der Waals surface area contributed by atoms with Gasteiger partial charge in [-0.15, -0.1) is 0 Å². The van der Waals surface area contributed by atoms with Crippen molar-refractivity contribution in [2.45, 2.75) is 39.4 Å². The van der Waals surface area contributed by atoms with Crippen LogP contribution in [0.25, 0.3) is 10.9 Å². The Morgan fingerprint density at radius 1 is 1.27 bits per heavy atom. The van der Waals surface area contributed by atoms with Crippen LogP contribution in [-0.2, 0) is 23.1 Å². The topological polar surface area (TPSA) is 113 Å². The number of para-hydroxylation sites is 1. The van der Waals surface area contributed by atoms with Gasteiger partial charge in [0.1, 0.15) is 5.82 Å². The lowest BCUT2D eigenvalue weighted by molar-refractivity contribution is -0.192.